The van der Waals surface area contributed by atoms with Crippen molar-refractivity contribution in [3.05, 3.63) is 47.1 Å². The molecule has 3 aliphatic rings. The Kier molecular flexibility index (Phi) is 8.67. The van der Waals surface area contributed by atoms with E-state index < -0.39 is 17.8 Å². The molecule has 3 rings (SSSR count). The summed E-state index contributed by atoms with van der Waals surface area (Å²) in [6.45, 7) is 18.8. The topological polar surface area (TPSA) is 60.7 Å². The summed E-state index contributed by atoms with van der Waals surface area (Å²) in [5, 5.41) is 31.8. The highest BCUT2D eigenvalue weighted by atomic mass is 16.3. The van der Waals surface area contributed by atoms with Crippen LogP contribution in [-0.2, 0) is 0 Å². The van der Waals surface area contributed by atoms with Gasteiger partial charge < -0.3 is 15.3 Å². The minimum atomic E-state index is -0.767. The van der Waals surface area contributed by atoms with Gasteiger partial charge in [-0.3, -0.25) is 0 Å². The Hall–Kier alpha value is -1.16. The molecule has 2 fully saturated rings. The van der Waals surface area contributed by atoms with E-state index in [-0.39, 0.29) is 5.41 Å². The van der Waals surface area contributed by atoms with E-state index in [1.165, 1.54) is 32.1 Å². The van der Waals surface area contributed by atoms with Crippen LogP contribution < -0.4 is 0 Å². The largest absolute Gasteiger partial charge is 0.390 e. The maximum absolute atomic E-state index is 10.7. The number of aliphatic hydroxyl groups excluding tert-OH is 2. The molecule has 3 heteroatoms. The third-order valence-corrected chi connectivity index (χ3v) is 10.8. The van der Waals surface area contributed by atoms with Gasteiger partial charge in [0.2, 0.25) is 0 Å². The number of rotatable bonds is 7. The maximum Gasteiger partial charge on any atom is 0.0788 e. The van der Waals surface area contributed by atoms with Crippen LogP contribution in [0.15, 0.2) is 47.1 Å². The molecule has 0 amide bonds. The zero-order valence-corrected chi connectivity index (χ0v) is 23.5. The number of aliphatic hydroxyl groups is 3. The molecule has 3 nitrogen and oxygen atoms in total. The highest BCUT2D eigenvalue weighted by Gasteiger charge is 2.51. The van der Waals surface area contributed by atoms with Crippen LogP contribution in [0.1, 0.15) is 106 Å². The van der Waals surface area contributed by atoms with Gasteiger partial charge in [-0.15, -0.1) is 6.58 Å². The van der Waals surface area contributed by atoms with Crippen LogP contribution in [0.25, 0.3) is 0 Å². The molecule has 0 aromatic heterocycles. The first-order chi connectivity index (χ1) is 16.2. The molecule has 198 valence electrons. The lowest BCUT2D eigenvalue weighted by molar-refractivity contribution is -0.0271. The molecule has 2 saturated carbocycles. The van der Waals surface area contributed by atoms with Crippen molar-refractivity contribution in [2.24, 2.45) is 28.6 Å². The predicted molar refractivity (Wildman–Crippen MR) is 147 cm³/mol. The van der Waals surface area contributed by atoms with E-state index in [9.17, 15) is 15.3 Å². The summed E-state index contributed by atoms with van der Waals surface area (Å²) in [4.78, 5) is 0. The van der Waals surface area contributed by atoms with Crippen LogP contribution in [0, 0.1) is 28.6 Å². The molecule has 7 atom stereocenters. The second-order valence-corrected chi connectivity index (χ2v) is 13.2. The summed E-state index contributed by atoms with van der Waals surface area (Å²) in [6, 6.07) is 0. The van der Waals surface area contributed by atoms with Crippen LogP contribution in [0.4, 0.5) is 0 Å². The fourth-order valence-electron chi connectivity index (χ4n) is 7.37. The molecule has 3 aliphatic carbocycles. The van der Waals surface area contributed by atoms with Crippen molar-refractivity contribution in [1.29, 1.82) is 0 Å². The molecule has 35 heavy (non-hydrogen) atoms. The van der Waals surface area contributed by atoms with E-state index in [0.717, 1.165) is 29.6 Å². The molecule has 0 aromatic rings. The van der Waals surface area contributed by atoms with Gasteiger partial charge in [0.1, 0.15) is 0 Å². The van der Waals surface area contributed by atoms with Crippen molar-refractivity contribution in [2.75, 3.05) is 0 Å². The zero-order chi connectivity index (χ0) is 26.2. The van der Waals surface area contributed by atoms with Gasteiger partial charge in [-0.2, -0.15) is 0 Å². The van der Waals surface area contributed by atoms with Gasteiger partial charge in [-0.05, 0) is 120 Å². The van der Waals surface area contributed by atoms with Crippen LogP contribution in [0.2, 0.25) is 0 Å². The number of fused-ring (bicyclic) bond motifs is 1. The minimum absolute atomic E-state index is 0.274. The molecule has 0 spiro atoms. The van der Waals surface area contributed by atoms with E-state index in [2.05, 4.69) is 39.5 Å². The SMILES string of the molecule is C=CC(C)(CCC(C)C1CCC2C(=CC=C3CC(O)C(C)=C(C)C(O)C3)CCCC21C)C(C)(C)O. The lowest BCUT2D eigenvalue weighted by atomic mass is 9.60. The van der Waals surface area contributed by atoms with Crippen molar-refractivity contribution in [1.82, 2.24) is 0 Å². The second kappa shape index (κ2) is 10.7. The van der Waals surface area contributed by atoms with Gasteiger partial charge in [-0.1, -0.05) is 50.1 Å². The lowest BCUT2D eigenvalue weighted by Crippen LogP contribution is -2.41. The number of hydrogen-bond acceptors (Lipinski definition) is 3. The molecule has 0 heterocycles. The van der Waals surface area contributed by atoms with E-state index in [0.29, 0.717) is 36.0 Å². The van der Waals surface area contributed by atoms with E-state index in [1.807, 2.05) is 33.8 Å². The molecule has 0 bridgehead atoms. The molecule has 3 N–H and O–H groups in total. The van der Waals surface area contributed by atoms with Crippen molar-refractivity contribution in [2.45, 2.75) is 124 Å². The second-order valence-electron chi connectivity index (χ2n) is 13.2. The van der Waals surface area contributed by atoms with Crippen LogP contribution in [0.5, 0.6) is 0 Å². The molecule has 0 saturated heterocycles. The first-order valence-electron chi connectivity index (χ1n) is 14.0. The Labute approximate surface area is 215 Å². The van der Waals surface area contributed by atoms with Crippen LogP contribution in [-0.4, -0.2) is 33.1 Å². The quantitative estimate of drug-likeness (QED) is 0.333. The van der Waals surface area contributed by atoms with Gasteiger partial charge in [-0.25, -0.2) is 0 Å². The average molecular weight is 485 g/mol. The third kappa shape index (κ3) is 5.73. The number of allylic oxidation sites excluding steroid dienone is 3. The first kappa shape index (κ1) is 28.4. The van der Waals surface area contributed by atoms with Gasteiger partial charge in [0.25, 0.3) is 0 Å². The van der Waals surface area contributed by atoms with Gasteiger partial charge in [0, 0.05) is 5.41 Å². The molecule has 7 unspecified atom stereocenters. The van der Waals surface area contributed by atoms with Gasteiger partial charge in [0.15, 0.2) is 0 Å². The summed E-state index contributed by atoms with van der Waals surface area (Å²) in [7, 11) is 0. The summed E-state index contributed by atoms with van der Waals surface area (Å²) in [5.41, 5.74) is 3.85. The Morgan fingerprint density at radius 3 is 2.20 bits per heavy atom. The minimum Gasteiger partial charge on any atom is -0.390 e. The molecule has 0 aliphatic heterocycles. The van der Waals surface area contributed by atoms with Gasteiger partial charge in [0.05, 0.1) is 17.8 Å². The Balaban J connectivity index is 1.74. The fourth-order valence-corrected chi connectivity index (χ4v) is 7.37. The van der Waals surface area contributed by atoms with Crippen LogP contribution in [0.3, 0.4) is 0 Å². The molecular weight excluding hydrogens is 432 g/mol. The summed E-state index contributed by atoms with van der Waals surface area (Å²) in [6.07, 6.45) is 15.1. The Morgan fingerprint density at radius 1 is 1.06 bits per heavy atom. The highest BCUT2D eigenvalue weighted by molar-refractivity contribution is 5.30. The Bertz CT molecular complexity index is 850. The van der Waals surface area contributed by atoms with E-state index >= 15 is 0 Å². The summed E-state index contributed by atoms with van der Waals surface area (Å²) in [5.74, 6) is 1.95. The average Bonchev–Trinajstić information content (AvgIpc) is 3.12. The van der Waals surface area contributed by atoms with Crippen LogP contribution >= 0.6 is 0 Å². The normalized spacial score (nSPS) is 35.9. The molecular formula is C32H52O3. The van der Waals surface area contributed by atoms with Gasteiger partial charge >= 0.3 is 0 Å². The van der Waals surface area contributed by atoms with Crippen molar-refractivity contribution in [3.63, 3.8) is 0 Å². The smallest absolute Gasteiger partial charge is 0.0788 e. The molecule has 0 aromatic carbocycles. The van der Waals surface area contributed by atoms with Crippen molar-refractivity contribution in [3.8, 4) is 0 Å². The van der Waals surface area contributed by atoms with E-state index in [1.54, 1.807) is 5.57 Å². The first-order valence-corrected chi connectivity index (χ1v) is 14.0. The summed E-state index contributed by atoms with van der Waals surface area (Å²) >= 11 is 0. The third-order valence-electron chi connectivity index (χ3n) is 10.8. The van der Waals surface area contributed by atoms with E-state index in [4.69, 9.17) is 0 Å². The standard InChI is InChI=1S/C32H52O3/c1-9-31(7,30(5,6)35)18-16-21(2)26-14-15-27-25(11-10-17-32(26,27)8)13-12-24-19-28(33)22(3)23(4)29(34)20-24/h9,12-13,21,26-29,33-35H,1,10-11,14-20H2,2-8H3. The monoisotopic (exact) mass is 484 g/mol. The highest BCUT2D eigenvalue weighted by Crippen LogP contribution is 2.60. The zero-order valence-electron chi connectivity index (χ0n) is 23.5. The predicted octanol–water partition coefficient (Wildman–Crippen LogP) is 7.29. The maximum atomic E-state index is 10.7. The fraction of sp³-hybridized carbons (Fsp3) is 0.750. The molecule has 0 radical (unpaired) electrons. The van der Waals surface area contributed by atoms with Crippen molar-refractivity contribution < 1.29 is 15.3 Å². The summed E-state index contributed by atoms with van der Waals surface area (Å²) < 4.78 is 0. The number of hydrogen-bond donors (Lipinski definition) is 3. The van der Waals surface area contributed by atoms with Crippen molar-refractivity contribution >= 4 is 0 Å². The lowest BCUT2D eigenvalue weighted by Gasteiger charge is -2.45. The Morgan fingerprint density at radius 2 is 1.66 bits per heavy atom.